The highest BCUT2D eigenvalue weighted by Crippen LogP contribution is 2.45. The Hall–Kier alpha value is -1.59. The lowest BCUT2D eigenvalue weighted by atomic mass is 9.80. The molecule has 3 rings (SSSR count). The van der Waals surface area contributed by atoms with E-state index in [1.54, 1.807) is 6.92 Å². The molecule has 0 radical (unpaired) electrons. The molecule has 2 fully saturated rings. The number of aliphatic hydroxyl groups is 2. The van der Waals surface area contributed by atoms with E-state index in [0.29, 0.717) is 0 Å². The van der Waals surface area contributed by atoms with Gasteiger partial charge >= 0.3 is 5.97 Å². The Morgan fingerprint density at radius 3 is 2.57 bits per heavy atom. The van der Waals surface area contributed by atoms with Gasteiger partial charge in [0, 0.05) is 26.2 Å². The Balaban J connectivity index is 1.98. The molecule has 2 aliphatic rings. The lowest BCUT2D eigenvalue weighted by Gasteiger charge is -2.56. The van der Waals surface area contributed by atoms with Crippen molar-refractivity contribution in [3.05, 3.63) is 35.9 Å². The summed E-state index contributed by atoms with van der Waals surface area (Å²) in [5.41, 5.74) is -1.45. The van der Waals surface area contributed by atoms with Crippen molar-refractivity contribution in [1.29, 1.82) is 0 Å². The van der Waals surface area contributed by atoms with Crippen LogP contribution in [0.2, 0.25) is 0 Å². The number of methoxy groups -OCH3 is 1. The van der Waals surface area contributed by atoms with Gasteiger partial charge in [0.25, 0.3) is 5.79 Å². The van der Waals surface area contributed by atoms with Crippen LogP contribution in [0.1, 0.15) is 25.7 Å². The molecule has 1 aromatic rings. The highest BCUT2D eigenvalue weighted by molar-refractivity contribution is 5.66. The molecule has 156 valence electrons. The van der Waals surface area contributed by atoms with Crippen molar-refractivity contribution in [3.63, 3.8) is 0 Å². The maximum absolute atomic E-state index is 11.7. The monoisotopic (exact) mass is 398 g/mol. The van der Waals surface area contributed by atoms with Gasteiger partial charge in [-0.25, -0.2) is 0 Å². The first-order valence-corrected chi connectivity index (χ1v) is 9.08. The number of benzene rings is 1. The van der Waals surface area contributed by atoms with Gasteiger partial charge < -0.3 is 38.6 Å². The Morgan fingerprint density at radius 1 is 1.25 bits per heavy atom. The van der Waals surface area contributed by atoms with E-state index in [1.807, 2.05) is 30.3 Å². The fourth-order valence-corrected chi connectivity index (χ4v) is 3.52. The van der Waals surface area contributed by atoms with Crippen LogP contribution in [0.15, 0.2) is 30.3 Å². The molecular formula is C19H26O9. The number of fused-ring (bicyclic) bond motifs is 1. The van der Waals surface area contributed by atoms with Crippen LogP contribution in [0.5, 0.6) is 0 Å². The van der Waals surface area contributed by atoms with Crippen LogP contribution in [0.3, 0.4) is 0 Å². The molecular weight excluding hydrogens is 372 g/mol. The molecule has 2 saturated heterocycles. The lowest BCUT2D eigenvalue weighted by Crippen LogP contribution is -2.78. The number of esters is 1. The number of ether oxygens (including phenoxy) is 6. The summed E-state index contributed by atoms with van der Waals surface area (Å²) in [5, 5.41) is 22.7. The van der Waals surface area contributed by atoms with Crippen molar-refractivity contribution in [2.75, 3.05) is 26.9 Å². The molecule has 9 nitrogen and oxygen atoms in total. The van der Waals surface area contributed by atoms with Gasteiger partial charge in [-0.1, -0.05) is 30.3 Å². The Kier molecular flexibility index (Phi) is 6.35. The van der Waals surface area contributed by atoms with Gasteiger partial charge in [-0.15, -0.1) is 0 Å². The zero-order chi connectivity index (χ0) is 20.4. The average Bonchev–Trinajstić information content (AvgIpc) is 2.69. The van der Waals surface area contributed by atoms with Gasteiger partial charge in [0.1, 0.15) is 12.2 Å². The largest absolute Gasteiger partial charge is 0.424 e. The molecule has 2 heterocycles. The molecule has 2 N–H and O–H groups in total. The van der Waals surface area contributed by atoms with E-state index in [0.717, 1.165) is 12.5 Å². The zero-order valence-corrected chi connectivity index (χ0v) is 16.1. The highest BCUT2D eigenvalue weighted by Gasteiger charge is 2.70. The molecule has 2 unspecified atom stereocenters. The minimum absolute atomic E-state index is 0.0642. The van der Waals surface area contributed by atoms with Gasteiger partial charge in [-0.3, -0.25) is 4.79 Å². The van der Waals surface area contributed by atoms with Crippen LogP contribution in [-0.2, 0) is 33.2 Å². The minimum Gasteiger partial charge on any atom is -0.424 e. The van der Waals surface area contributed by atoms with Crippen LogP contribution in [0, 0.1) is 0 Å². The summed E-state index contributed by atoms with van der Waals surface area (Å²) in [5.74, 6) is -3.38. The molecule has 0 saturated carbocycles. The number of hydrogen-bond donors (Lipinski definition) is 2. The van der Waals surface area contributed by atoms with Gasteiger partial charge in [-0.05, 0) is 6.92 Å². The molecule has 0 spiro atoms. The van der Waals surface area contributed by atoms with Crippen molar-refractivity contribution in [2.45, 2.75) is 50.0 Å². The summed E-state index contributed by atoms with van der Waals surface area (Å²) >= 11 is 0. The van der Waals surface area contributed by atoms with E-state index in [2.05, 4.69) is 0 Å². The van der Waals surface area contributed by atoms with E-state index in [-0.39, 0.29) is 19.8 Å². The second-order valence-electron chi connectivity index (χ2n) is 6.73. The predicted octanol–water partition coefficient (Wildman–Crippen LogP) is 0.491. The van der Waals surface area contributed by atoms with E-state index in [9.17, 15) is 15.0 Å². The van der Waals surface area contributed by atoms with E-state index >= 15 is 0 Å². The molecule has 0 aliphatic carbocycles. The van der Waals surface area contributed by atoms with Crippen LogP contribution >= 0.6 is 0 Å². The van der Waals surface area contributed by atoms with Crippen molar-refractivity contribution in [1.82, 2.24) is 0 Å². The van der Waals surface area contributed by atoms with Crippen molar-refractivity contribution < 1.29 is 43.4 Å². The van der Waals surface area contributed by atoms with E-state index < -0.39 is 42.1 Å². The molecule has 9 heteroatoms. The van der Waals surface area contributed by atoms with Crippen LogP contribution in [0.4, 0.5) is 0 Å². The van der Waals surface area contributed by atoms with Gasteiger partial charge in [0.15, 0.2) is 11.9 Å². The molecule has 0 amide bonds. The fourth-order valence-electron chi connectivity index (χ4n) is 3.52. The third-order valence-electron chi connectivity index (χ3n) is 4.84. The third-order valence-corrected chi connectivity index (χ3v) is 4.84. The molecule has 0 aromatic heterocycles. The topological polar surface area (TPSA) is 113 Å². The number of hydrogen-bond acceptors (Lipinski definition) is 9. The van der Waals surface area contributed by atoms with Crippen LogP contribution < -0.4 is 0 Å². The normalized spacial score (nSPS) is 37.9. The average molecular weight is 398 g/mol. The third kappa shape index (κ3) is 3.67. The van der Waals surface area contributed by atoms with Gasteiger partial charge in [0.05, 0.1) is 13.2 Å². The molecule has 2 aliphatic heterocycles. The quantitative estimate of drug-likeness (QED) is 0.522. The molecule has 0 bridgehead atoms. The van der Waals surface area contributed by atoms with E-state index in [1.165, 1.54) is 7.11 Å². The smallest absolute Gasteiger partial charge is 0.305 e. The van der Waals surface area contributed by atoms with E-state index in [4.69, 9.17) is 28.4 Å². The zero-order valence-electron chi connectivity index (χ0n) is 16.1. The fraction of sp³-hybridized carbons (Fsp3) is 0.632. The Labute approximate surface area is 163 Å². The highest BCUT2D eigenvalue weighted by atomic mass is 16.8. The van der Waals surface area contributed by atoms with Crippen molar-refractivity contribution >= 4 is 5.97 Å². The predicted molar refractivity (Wildman–Crippen MR) is 93.8 cm³/mol. The SMILES string of the molecule is CCOC[C@]1(O)[C@@H]2OC(c3ccccc3)OC[C@H]2OC(OC)[C@@]1(O)OC(C)=O. The van der Waals surface area contributed by atoms with Crippen molar-refractivity contribution in [2.24, 2.45) is 0 Å². The molecule has 28 heavy (non-hydrogen) atoms. The number of carbonyl (C=O) groups is 1. The summed E-state index contributed by atoms with van der Waals surface area (Å²) in [6.45, 7) is 2.78. The number of rotatable bonds is 6. The Morgan fingerprint density at radius 2 is 1.96 bits per heavy atom. The van der Waals surface area contributed by atoms with Gasteiger partial charge in [-0.2, -0.15) is 0 Å². The maximum atomic E-state index is 11.7. The first kappa shape index (κ1) is 21.1. The Bertz CT molecular complexity index is 669. The second-order valence-corrected chi connectivity index (χ2v) is 6.73. The maximum Gasteiger partial charge on any atom is 0.305 e. The molecule has 6 atom stereocenters. The number of carbonyl (C=O) groups excluding carboxylic acids is 1. The second kappa shape index (κ2) is 8.42. The summed E-state index contributed by atoms with van der Waals surface area (Å²) < 4.78 is 33.1. The van der Waals surface area contributed by atoms with Crippen LogP contribution in [0.25, 0.3) is 0 Å². The van der Waals surface area contributed by atoms with Crippen molar-refractivity contribution in [3.8, 4) is 0 Å². The summed E-state index contributed by atoms with van der Waals surface area (Å²) in [6, 6.07) is 9.13. The molecule has 1 aromatic carbocycles. The lowest BCUT2D eigenvalue weighted by molar-refractivity contribution is -0.461. The first-order chi connectivity index (χ1) is 13.4. The minimum atomic E-state index is -2.55. The summed E-state index contributed by atoms with van der Waals surface area (Å²) in [4.78, 5) is 11.7. The van der Waals surface area contributed by atoms with Crippen LogP contribution in [-0.4, -0.2) is 73.0 Å². The summed E-state index contributed by atoms with van der Waals surface area (Å²) in [7, 11) is 1.26. The first-order valence-electron chi connectivity index (χ1n) is 9.08. The summed E-state index contributed by atoms with van der Waals surface area (Å²) in [6.07, 6.45) is -4.18. The van der Waals surface area contributed by atoms with Gasteiger partial charge in [0.2, 0.25) is 6.29 Å². The standard InChI is InChI=1S/C19H26O9/c1-4-24-11-18(21)15-14(26-17(23-3)19(18,22)28-12(2)20)10-25-16(27-15)13-8-6-5-7-9-13/h5-9,14-17,21-22H,4,10-11H2,1-3H3/t14-,15-,16?,17?,18+,19-/m1/s1.